The molecule has 0 unspecified atom stereocenters. The van der Waals surface area contributed by atoms with Crippen molar-refractivity contribution in [3.63, 3.8) is 0 Å². The van der Waals surface area contributed by atoms with E-state index in [2.05, 4.69) is 71.4 Å². The van der Waals surface area contributed by atoms with E-state index in [-0.39, 0.29) is 9.55 Å². The van der Waals surface area contributed by atoms with Gasteiger partial charge in [-0.25, -0.2) is 4.39 Å². The van der Waals surface area contributed by atoms with E-state index < -0.39 is 0 Å². The van der Waals surface area contributed by atoms with E-state index in [1.165, 1.54) is 12.1 Å². The lowest BCUT2D eigenvalue weighted by Crippen LogP contribution is -2.12. The molecule has 0 aliphatic rings. The van der Waals surface area contributed by atoms with Crippen molar-refractivity contribution in [3.05, 3.63) is 70.0 Å². The number of alkyl halides is 2. The second-order valence-corrected chi connectivity index (χ2v) is 8.99. The SMILES string of the molecule is C=C(c1ccc(F)cc1)c1cc(N(C)C)c(C(Br)Br)cc1Br. The van der Waals surface area contributed by atoms with Crippen LogP contribution in [0.25, 0.3) is 5.57 Å². The first-order valence-corrected chi connectivity index (χ1v) is 9.18. The van der Waals surface area contributed by atoms with Gasteiger partial charge in [0.1, 0.15) is 5.82 Å². The molecule has 0 atom stereocenters. The van der Waals surface area contributed by atoms with E-state index >= 15 is 0 Å². The summed E-state index contributed by atoms with van der Waals surface area (Å²) < 4.78 is 14.1. The maximum absolute atomic E-state index is 13.1. The van der Waals surface area contributed by atoms with E-state index in [1.807, 2.05) is 14.1 Å². The van der Waals surface area contributed by atoms with Crippen LogP contribution in [0, 0.1) is 5.82 Å². The minimum absolute atomic E-state index is 0.0573. The summed E-state index contributed by atoms with van der Waals surface area (Å²) in [6.07, 6.45) is 0. The average molecular weight is 492 g/mol. The molecule has 2 rings (SSSR count). The highest BCUT2D eigenvalue weighted by molar-refractivity contribution is 9.24. The molecule has 0 N–H and O–H groups in total. The minimum Gasteiger partial charge on any atom is -0.377 e. The summed E-state index contributed by atoms with van der Waals surface area (Å²) in [4.78, 5) is 2.05. The first-order valence-electron chi connectivity index (χ1n) is 6.55. The summed E-state index contributed by atoms with van der Waals surface area (Å²) in [5.74, 6) is -0.249. The van der Waals surface area contributed by atoms with E-state index in [9.17, 15) is 4.39 Å². The summed E-state index contributed by atoms with van der Waals surface area (Å²) in [5, 5.41) is 0. The number of benzene rings is 2. The molecule has 1 nitrogen and oxygen atoms in total. The summed E-state index contributed by atoms with van der Waals surface area (Å²) in [5.41, 5.74) is 4.93. The quantitative estimate of drug-likeness (QED) is 0.441. The zero-order chi connectivity index (χ0) is 16.4. The van der Waals surface area contributed by atoms with Crippen molar-refractivity contribution in [2.45, 2.75) is 3.74 Å². The van der Waals surface area contributed by atoms with Gasteiger partial charge < -0.3 is 4.90 Å². The Bertz CT molecular complexity index is 694. The maximum Gasteiger partial charge on any atom is 0.123 e. The van der Waals surface area contributed by atoms with Gasteiger partial charge in [-0.05, 0) is 41.0 Å². The van der Waals surface area contributed by atoms with Crippen molar-refractivity contribution in [3.8, 4) is 0 Å². The lowest BCUT2D eigenvalue weighted by Gasteiger charge is -2.21. The molecule has 0 heterocycles. The van der Waals surface area contributed by atoms with Crippen molar-refractivity contribution in [1.29, 1.82) is 0 Å². The summed E-state index contributed by atoms with van der Waals surface area (Å²) >= 11 is 10.7. The molecule has 0 saturated carbocycles. The Labute approximate surface area is 155 Å². The predicted molar refractivity (Wildman–Crippen MR) is 104 cm³/mol. The molecule has 0 aliphatic heterocycles. The molecule has 0 amide bonds. The molecular formula is C17H15Br3FN. The molecule has 0 saturated heterocycles. The van der Waals surface area contributed by atoms with Gasteiger partial charge in [0.05, 0.1) is 3.74 Å². The number of halogens is 4. The summed E-state index contributed by atoms with van der Waals surface area (Å²) in [6.45, 7) is 4.17. The van der Waals surface area contributed by atoms with E-state index in [0.717, 1.165) is 32.4 Å². The van der Waals surface area contributed by atoms with Gasteiger partial charge in [-0.15, -0.1) is 0 Å². The molecule has 22 heavy (non-hydrogen) atoms. The van der Waals surface area contributed by atoms with Gasteiger partial charge in [0, 0.05) is 29.8 Å². The van der Waals surface area contributed by atoms with Crippen LogP contribution >= 0.6 is 47.8 Å². The Morgan fingerprint density at radius 2 is 1.73 bits per heavy atom. The minimum atomic E-state index is -0.249. The fourth-order valence-electron chi connectivity index (χ4n) is 2.18. The fourth-order valence-corrected chi connectivity index (χ4v) is 3.51. The molecular weight excluding hydrogens is 477 g/mol. The molecule has 2 aromatic carbocycles. The third-order valence-electron chi connectivity index (χ3n) is 3.35. The van der Waals surface area contributed by atoms with Crippen molar-refractivity contribution >= 4 is 59.1 Å². The number of hydrogen-bond acceptors (Lipinski definition) is 1. The van der Waals surface area contributed by atoms with Crippen molar-refractivity contribution < 1.29 is 4.39 Å². The Hall–Kier alpha value is -0.650. The molecule has 0 aromatic heterocycles. The van der Waals surface area contributed by atoms with Crippen LogP contribution in [0.4, 0.5) is 10.1 Å². The first kappa shape index (κ1) is 17.7. The second kappa shape index (κ2) is 7.28. The average Bonchev–Trinajstić information content (AvgIpc) is 2.46. The Balaban J connectivity index is 2.53. The number of nitrogens with zero attached hydrogens (tertiary/aromatic N) is 1. The van der Waals surface area contributed by atoms with Gasteiger partial charge >= 0.3 is 0 Å². The topological polar surface area (TPSA) is 3.24 Å². The third-order valence-corrected chi connectivity index (χ3v) is 4.99. The Morgan fingerprint density at radius 1 is 1.14 bits per heavy atom. The van der Waals surface area contributed by atoms with Gasteiger partial charge in [0.25, 0.3) is 0 Å². The highest BCUT2D eigenvalue weighted by Gasteiger charge is 2.16. The molecule has 5 heteroatoms. The van der Waals surface area contributed by atoms with Crippen LogP contribution in [0.15, 0.2) is 47.4 Å². The van der Waals surface area contributed by atoms with Crippen LogP contribution in [0.5, 0.6) is 0 Å². The highest BCUT2D eigenvalue weighted by Crippen LogP contribution is 2.41. The Morgan fingerprint density at radius 3 is 2.23 bits per heavy atom. The zero-order valence-electron chi connectivity index (χ0n) is 12.2. The third kappa shape index (κ3) is 3.81. The lowest BCUT2D eigenvalue weighted by molar-refractivity contribution is 0.627. The lowest BCUT2D eigenvalue weighted by atomic mass is 9.97. The van der Waals surface area contributed by atoms with Gasteiger partial charge in [-0.2, -0.15) is 0 Å². The van der Waals surface area contributed by atoms with Crippen LogP contribution < -0.4 is 4.90 Å². The molecule has 2 aromatic rings. The zero-order valence-corrected chi connectivity index (χ0v) is 17.0. The number of rotatable bonds is 4. The van der Waals surface area contributed by atoms with E-state index in [0.29, 0.717) is 0 Å². The monoisotopic (exact) mass is 489 g/mol. The number of hydrogen-bond donors (Lipinski definition) is 0. The van der Waals surface area contributed by atoms with Crippen LogP contribution in [-0.2, 0) is 0 Å². The van der Waals surface area contributed by atoms with Gasteiger partial charge in [-0.1, -0.05) is 66.5 Å². The first-order chi connectivity index (χ1) is 10.3. The normalized spacial score (nSPS) is 10.9. The van der Waals surface area contributed by atoms with Crippen molar-refractivity contribution in [2.75, 3.05) is 19.0 Å². The molecule has 0 aliphatic carbocycles. The molecule has 0 fully saturated rings. The van der Waals surface area contributed by atoms with Crippen molar-refractivity contribution in [1.82, 2.24) is 0 Å². The van der Waals surface area contributed by atoms with Crippen LogP contribution in [0.2, 0.25) is 0 Å². The van der Waals surface area contributed by atoms with Gasteiger partial charge in [0.2, 0.25) is 0 Å². The molecule has 0 radical (unpaired) electrons. The maximum atomic E-state index is 13.1. The fraction of sp³-hybridized carbons (Fsp3) is 0.176. The second-order valence-electron chi connectivity index (χ2n) is 5.07. The highest BCUT2D eigenvalue weighted by atomic mass is 79.9. The summed E-state index contributed by atoms with van der Waals surface area (Å²) in [7, 11) is 4.00. The van der Waals surface area contributed by atoms with Gasteiger partial charge in [0.15, 0.2) is 0 Å². The van der Waals surface area contributed by atoms with Crippen LogP contribution in [0.1, 0.15) is 20.4 Å². The predicted octanol–water partition coefficient (Wildman–Crippen LogP) is 6.50. The smallest absolute Gasteiger partial charge is 0.123 e. The van der Waals surface area contributed by atoms with E-state index in [1.54, 1.807) is 12.1 Å². The van der Waals surface area contributed by atoms with Crippen molar-refractivity contribution in [2.24, 2.45) is 0 Å². The standard InChI is InChI=1S/C17H15Br3FN/c1-10(11-4-6-12(21)7-5-11)13-9-16(22(2)3)14(17(19)20)8-15(13)18/h4-9,17H,1H2,2-3H3. The molecule has 116 valence electrons. The largest absolute Gasteiger partial charge is 0.377 e. The van der Waals surface area contributed by atoms with E-state index in [4.69, 9.17) is 0 Å². The van der Waals surface area contributed by atoms with Gasteiger partial charge in [-0.3, -0.25) is 0 Å². The Kier molecular flexibility index (Phi) is 5.86. The van der Waals surface area contributed by atoms with Crippen LogP contribution in [-0.4, -0.2) is 14.1 Å². The summed E-state index contributed by atoms with van der Waals surface area (Å²) in [6, 6.07) is 10.5. The molecule has 0 spiro atoms. The van der Waals surface area contributed by atoms with Crippen LogP contribution in [0.3, 0.4) is 0 Å². The molecule has 0 bridgehead atoms. The number of anilines is 1.